The van der Waals surface area contributed by atoms with Gasteiger partial charge >= 0.3 is 0 Å². The highest BCUT2D eigenvalue weighted by molar-refractivity contribution is 9.10. The molecule has 0 unspecified atom stereocenters. The van der Waals surface area contributed by atoms with Crippen LogP contribution < -0.4 is 5.32 Å². The number of nitrogens with zero attached hydrogens (tertiary/aromatic N) is 4. The summed E-state index contributed by atoms with van der Waals surface area (Å²) in [5.74, 6) is 0. The normalized spacial score (nSPS) is 18.6. The largest absolute Gasteiger partial charge is 0.352 e. The third-order valence-corrected chi connectivity index (χ3v) is 6.69. The molecule has 3 heterocycles. The second kappa shape index (κ2) is 9.10. The lowest BCUT2D eigenvalue weighted by Crippen LogP contribution is -2.35. The molecule has 2 atom stereocenters. The maximum Gasteiger partial charge on any atom is 0.170 e. The molecule has 5 nitrogen and oxygen atoms in total. The van der Waals surface area contributed by atoms with Crippen molar-refractivity contribution in [1.82, 2.24) is 24.7 Å². The summed E-state index contributed by atoms with van der Waals surface area (Å²) in [5.41, 5.74) is 5.87. The van der Waals surface area contributed by atoms with Crippen molar-refractivity contribution >= 4 is 33.3 Å². The van der Waals surface area contributed by atoms with Gasteiger partial charge in [-0.05, 0) is 82.1 Å². The van der Waals surface area contributed by atoms with Gasteiger partial charge in [-0.3, -0.25) is 4.98 Å². The Morgan fingerprint density at radius 2 is 1.94 bits per heavy atom. The van der Waals surface area contributed by atoms with Crippen LogP contribution in [0, 0.1) is 13.8 Å². The van der Waals surface area contributed by atoms with Gasteiger partial charge in [0, 0.05) is 40.8 Å². The van der Waals surface area contributed by atoms with E-state index in [0.29, 0.717) is 0 Å². The molecular weight excluding hydrogens is 470 g/mol. The molecule has 0 spiro atoms. The predicted molar refractivity (Wildman–Crippen MR) is 134 cm³/mol. The van der Waals surface area contributed by atoms with Crippen LogP contribution in [0.25, 0.3) is 5.69 Å². The molecule has 1 saturated heterocycles. The summed E-state index contributed by atoms with van der Waals surface area (Å²) in [7, 11) is 4.19. The molecule has 0 bridgehead atoms. The van der Waals surface area contributed by atoms with Crippen LogP contribution in [0.3, 0.4) is 0 Å². The van der Waals surface area contributed by atoms with Crippen LogP contribution in [0.1, 0.15) is 34.7 Å². The minimum atomic E-state index is 0.00678. The fourth-order valence-electron chi connectivity index (χ4n) is 4.39. The fourth-order valence-corrected chi connectivity index (χ4v) is 5.11. The van der Waals surface area contributed by atoms with Gasteiger partial charge in [-0.25, -0.2) is 0 Å². The van der Waals surface area contributed by atoms with Crippen LogP contribution in [0.5, 0.6) is 0 Å². The number of thiocarbonyl (C=S) groups is 1. The summed E-state index contributed by atoms with van der Waals surface area (Å²) >= 11 is 9.41. The zero-order chi connectivity index (χ0) is 22.1. The van der Waals surface area contributed by atoms with Gasteiger partial charge in [0.1, 0.15) is 0 Å². The van der Waals surface area contributed by atoms with Gasteiger partial charge in [-0.2, -0.15) is 0 Å². The lowest BCUT2D eigenvalue weighted by molar-refractivity contribution is 0.277. The number of likely N-dealkylation sites (N-methyl/N-ethyl adjacent to an activating group) is 1. The number of rotatable bonds is 6. The van der Waals surface area contributed by atoms with E-state index in [9.17, 15) is 0 Å². The smallest absolute Gasteiger partial charge is 0.170 e. The third-order valence-electron chi connectivity index (χ3n) is 5.84. The first-order valence-corrected chi connectivity index (χ1v) is 11.6. The molecule has 31 heavy (non-hydrogen) atoms. The molecule has 4 rings (SSSR count). The first-order valence-electron chi connectivity index (χ1n) is 10.4. The minimum absolute atomic E-state index is 0.00678. The second-order valence-corrected chi connectivity index (χ2v) is 9.57. The van der Waals surface area contributed by atoms with Gasteiger partial charge in [0.25, 0.3) is 0 Å². The first kappa shape index (κ1) is 22.0. The summed E-state index contributed by atoms with van der Waals surface area (Å²) in [6.45, 7) is 6.15. The highest BCUT2D eigenvalue weighted by Crippen LogP contribution is 2.41. The van der Waals surface area contributed by atoms with Crippen LogP contribution in [-0.2, 0) is 0 Å². The summed E-state index contributed by atoms with van der Waals surface area (Å²) < 4.78 is 3.39. The molecule has 3 aromatic rings. The predicted octanol–water partition coefficient (Wildman–Crippen LogP) is 4.79. The molecule has 0 amide bonds. The zero-order valence-electron chi connectivity index (χ0n) is 18.3. The van der Waals surface area contributed by atoms with E-state index in [1.165, 1.54) is 17.0 Å². The highest BCUT2D eigenvalue weighted by atomic mass is 79.9. The lowest BCUT2D eigenvalue weighted by atomic mass is 9.97. The second-order valence-electron chi connectivity index (χ2n) is 8.27. The van der Waals surface area contributed by atoms with Crippen molar-refractivity contribution in [1.29, 1.82) is 0 Å². The SMILES string of the molecule is Cc1cc([C@H]2[C@@H](c3ccccn3)NC(=S)N2CCN(C)C)c(C)n1-c1cccc(Br)c1. The molecule has 1 aliphatic rings. The number of hydrogen-bond donors (Lipinski definition) is 1. The monoisotopic (exact) mass is 497 g/mol. The number of hydrogen-bond acceptors (Lipinski definition) is 3. The Hall–Kier alpha value is -2.22. The number of aryl methyl sites for hydroxylation is 1. The lowest BCUT2D eigenvalue weighted by Gasteiger charge is -2.29. The van der Waals surface area contributed by atoms with Crippen molar-refractivity contribution < 1.29 is 0 Å². The topological polar surface area (TPSA) is 36.3 Å². The number of aromatic nitrogens is 2. The van der Waals surface area contributed by atoms with Crippen molar-refractivity contribution in [3.63, 3.8) is 0 Å². The van der Waals surface area contributed by atoms with Gasteiger partial charge < -0.3 is 19.7 Å². The maximum absolute atomic E-state index is 5.80. The van der Waals surface area contributed by atoms with E-state index in [2.05, 4.69) is 105 Å². The van der Waals surface area contributed by atoms with E-state index in [-0.39, 0.29) is 12.1 Å². The summed E-state index contributed by atoms with van der Waals surface area (Å²) in [6.07, 6.45) is 1.85. The number of pyridine rings is 1. The molecular formula is C24H28BrN5S. The Morgan fingerprint density at radius 1 is 1.13 bits per heavy atom. The fraction of sp³-hybridized carbons (Fsp3) is 0.333. The van der Waals surface area contributed by atoms with Gasteiger partial charge in [-0.1, -0.05) is 28.1 Å². The zero-order valence-corrected chi connectivity index (χ0v) is 20.7. The van der Waals surface area contributed by atoms with Crippen LogP contribution in [0.4, 0.5) is 0 Å². The Bertz CT molecular complexity index is 1080. The maximum atomic E-state index is 5.80. The quantitative estimate of drug-likeness (QED) is 0.495. The third kappa shape index (κ3) is 4.40. The van der Waals surface area contributed by atoms with Crippen molar-refractivity contribution in [2.45, 2.75) is 25.9 Å². The van der Waals surface area contributed by atoms with E-state index in [0.717, 1.165) is 34.1 Å². The average molecular weight is 498 g/mol. The molecule has 162 valence electrons. The van der Waals surface area contributed by atoms with Crippen molar-refractivity contribution in [2.75, 3.05) is 27.2 Å². The van der Waals surface area contributed by atoms with E-state index in [1.54, 1.807) is 0 Å². The van der Waals surface area contributed by atoms with E-state index in [4.69, 9.17) is 12.2 Å². The van der Waals surface area contributed by atoms with Gasteiger partial charge in [0.2, 0.25) is 0 Å². The van der Waals surface area contributed by atoms with Crippen LogP contribution in [0.2, 0.25) is 0 Å². The van der Waals surface area contributed by atoms with Crippen molar-refractivity contribution in [3.8, 4) is 5.69 Å². The Balaban J connectivity index is 1.81. The minimum Gasteiger partial charge on any atom is -0.352 e. The van der Waals surface area contributed by atoms with Crippen LogP contribution in [0.15, 0.2) is 59.2 Å². The first-order chi connectivity index (χ1) is 14.9. The Kier molecular flexibility index (Phi) is 6.46. The van der Waals surface area contributed by atoms with Crippen molar-refractivity contribution in [2.24, 2.45) is 0 Å². The van der Waals surface area contributed by atoms with Crippen molar-refractivity contribution in [3.05, 3.63) is 81.8 Å². The number of halogens is 1. The molecule has 1 fully saturated rings. The standard InChI is InChI=1S/C24H28BrN5S/c1-16-14-20(17(2)30(16)19-9-7-8-18(25)15-19)23-22(21-10-5-6-11-26-21)27-24(31)29(23)13-12-28(3)4/h5-11,14-15,22-23H,12-13H2,1-4H3,(H,27,31)/t22-,23+/m1/s1. The molecule has 0 aliphatic carbocycles. The molecule has 7 heteroatoms. The number of benzene rings is 1. The molecule has 2 aromatic heterocycles. The summed E-state index contributed by atoms with van der Waals surface area (Å²) in [6, 6.07) is 16.9. The van der Waals surface area contributed by atoms with Gasteiger partial charge in [-0.15, -0.1) is 0 Å². The molecule has 1 aliphatic heterocycles. The van der Waals surface area contributed by atoms with Crippen LogP contribution >= 0.6 is 28.1 Å². The molecule has 1 aromatic carbocycles. The van der Waals surface area contributed by atoms with E-state index >= 15 is 0 Å². The molecule has 0 saturated carbocycles. The highest BCUT2D eigenvalue weighted by Gasteiger charge is 2.41. The van der Waals surface area contributed by atoms with Gasteiger partial charge in [0.05, 0.1) is 17.8 Å². The Morgan fingerprint density at radius 3 is 2.61 bits per heavy atom. The number of nitrogens with one attached hydrogen (secondary N) is 1. The van der Waals surface area contributed by atoms with E-state index < -0.39 is 0 Å². The molecule has 0 radical (unpaired) electrons. The average Bonchev–Trinajstić information content (AvgIpc) is 3.22. The van der Waals surface area contributed by atoms with Gasteiger partial charge in [0.15, 0.2) is 5.11 Å². The Labute approximate surface area is 198 Å². The molecule has 1 N–H and O–H groups in total. The van der Waals surface area contributed by atoms with E-state index in [1.807, 2.05) is 18.3 Å². The summed E-state index contributed by atoms with van der Waals surface area (Å²) in [5, 5.41) is 4.34. The summed E-state index contributed by atoms with van der Waals surface area (Å²) in [4.78, 5) is 9.17. The van der Waals surface area contributed by atoms with Crippen LogP contribution in [-0.4, -0.2) is 51.6 Å².